The first-order chi connectivity index (χ1) is 22.8. The molecule has 2 fully saturated rings. The summed E-state index contributed by atoms with van der Waals surface area (Å²) in [6.07, 6.45) is 8.12. The highest BCUT2D eigenvalue weighted by molar-refractivity contribution is 5.92. The molecule has 5 aromatic rings. The molecular formula is C35H34FN9O2. The first-order valence-electron chi connectivity index (χ1n) is 16.1. The second-order valence-corrected chi connectivity index (χ2v) is 13.0. The fourth-order valence-electron chi connectivity index (χ4n) is 7.59. The van der Waals surface area contributed by atoms with E-state index in [-0.39, 0.29) is 16.8 Å². The summed E-state index contributed by atoms with van der Waals surface area (Å²) in [5, 5.41) is 18.9. The number of benzene rings is 2. The van der Waals surface area contributed by atoms with Gasteiger partial charge in [-0.25, -0.2) is 29.1 Å². The van der Waals surface area contributed by atoms with E-state index in [9.17, 15) is 19.6 Å². The second-order valence-electron chi connectivity index (χ2n) is 13.0. The monoisotopic (exact) mass is 631 g/mol. The van der Waals surface area contributed by atoms with Crippen molar-refractivity contribution in [2.75, 3.05) is 24.5 Å². The molecule has 11 nitrogen and oxygen atoms in total. The molecule has 5 heterocycles. The third kappa shape index (κ3) is 5.11. The van der Waals surface area contributed by atoms with Crippen molar-refractivity contribution in [2.45, 2.75) is 57.8 Å². The number of carbonyl (C=O) groups is 1. The minimum Gasteiger partial charge on any atom is -0.478 e. The number of hydrogen-bond acceptors (Lipinski definition) is 8. The molecule has 1 unspecified atom stereocenters. The lowest BCUT2D eigenvalue weighted by atomic mass is 9.94. The van der Waals surface area contributed by atoms with Gasteiger partial charge in [-0.05, 0) is 80.6 Å². The average molecular weight is 632 g/mol. The van der Waals surface area contributed by atoms with Gasteiger partial charge in [0.25, 0.3) is 0 Å². The number of hydrogen-bond donors (Lipinski definition) is 1. The molecule has 3 aliphatic rings. The molecule has 1 saturated heterocycles. The van der Waals surface area contributed by atoms with Crippen LogP contribution in [0.4, 0.5) is 10.2 Å². The lowest BCUT2D eigenvalue weighted by Crippen LogP contribution is -2.37. The number of rotatable bonds is 8. The van der Waals surface area contributed by atoms with Crippen LogP contribution in [0.15, 0.2) is 55.1 Å². The summed E-state index contributed by atoms with van der Waals surface area (Å²) >= 11 is 0. The summed E-state index contributed by atoms with van der Waals surface area (Å²) in [5.74, 6) is 1.71. The number of fused-ring (bicyclic) bond motifs is 3. The van der Waals surface area contributed by atoms with Crippen LogP contribution in [0.5, 0.6) is 0 Å². The van der Waals surface area contributed by atoms with E-state index >= 15 is 0 Å². The van der Waals surface area contributed by atoms with Crippen molar-refractivity contribution in [3.8, 4) is 6.07 Å². The van der Waals surface area contributed by atoms with Gasteiger partial charge >= 0.3 is 5.97 Å². The van der Waals surface area contributed by atoms with Crippen LogP contribution in [-0.4, -0.2) is 64.7 Å². The van der Waals surface area contributed by atoms with Gasteiger partial charge in [0.15, 0.2) is 0 Å². The Morgan fingerprint density at radius 1 is 1.17 bits per heavy atom. The number of anilines is 1. The Kier molecular flexibility index (Phi) is 7.02. The minimum absolute atomic E-state index is 0.0582. The quantitative estimate of drug-likeness (QED) is 0.263. The fraction of sp³-hybridized carbons (Fsp3) is 0.371. The first kappa shape index (κ1) is 29.3. The molecule has 238 valence electrons. The van der Waals surface area contributed by atoms with Crippen LogP contribution in [0.1, 0.15) is 64.2 Å². The highest BCUT2D eigenvalue weighted by atomic mass is 19.1. The van der Waals surface area contributed by atoms with Crippen LogP contribution in [0.25, 0.3) is 11.0 Å². The maximum absolute atomic E-state index is 14.9. The highest BCUT2D eigenvalue weighted by Crippen LogP contribution is 2.58. The Morgan fingerprint density at radius 3 is 2.87 bits per heavy atom. The summed E-state index contributed by atoms with van der Waals surface area (Å²) in [4.78, 5) is 35.4. The Balaban J connectivity index is 1.01. The van der Waals surface area contributed by atoms with Crippen molar-refractivity contribution in [1.82, 2.24) is 34.0 Å². The van der Waals surface area contributed by atoms with Crippen molar-refractivity contribution in [2.24, 2.45) is 5.92 Å². The number of nitriles is 1. The Bertz CT molecular complexity index is 2080. The van der Waals surface area contributed by atoms with Crippen molar-refractivity contribution < 1.29 is 14.3 Å². The number of aryl methyl sites for hydroxylation is 1. The highest BCUT2D eigenvalue weighted by Gasteiger charge is 2.59. The van der Waals surface area contributed by atoms with E-state index in [0.29, 0.717) is 49.6 Å². The number of piperidine rings is 1. The predicted molar refractivity (Wildman–Crippen MR) is 171 cm³/mol. The van der Waals surface area contributed by atoms with Crippen LogP contribution in [0, 0.1) is 23.1 Å². The van der Waals surface area contributed by atoms with Gasteiger partial charge in [0.05, 0.1) is 53.3 Å². The average Bonchev–Trinajstić information content (AvgIpc) is 3.49. The van der Waals surface area contributed by atoms with Crippen molar-refractivity contribution in [1.29, 1.82) is 5.26 Å². The van der Waals surface area contributed by atoms with Crippen LogP contribution >= 0.6 is 0 Å². The Hall–Kier alpha value is -5.15. The number of likely N-dealkylation sites (tertiary alicyclic amines) is 1. The molecule has 2 aliphatic heterocycles. The number of aromatic carboxylic acids is 1. The van der Waals surface area contributed by atoms with Gasteiger partial charge in [-0.3, -0.25) is 4.90 Å². The molecule has 1 saturated carbocycles. The minimum atomic E-state index is -0.960. The van der Waals surface area contributed by atoms with E-state index in [4.69, 9.17) is 15.0 Å². The molecule has 0 bridgehead atoms. The maximum atomic E-state index is 14.9. The van der Waals surface area contributed by atoms with Crippen LogP contribution < -0.4 is 4.90 Å². The third-order valence-corrected chi connectivity index (χ3v) is 10.3. The van der Waals surface area contributed by atoms with Crippen LogP contribution in [0.2, 0.25) is 0 Å². The van der Waals surface area contributed by atoms with Gasteiger partial charge in [-0.2, -0.15) is 5.26 Å². The summed E-state index contributed by atoms with van der Waals surface area (Å²) < 4.78 is 19.1. The molecule has 2 atom stereocenters. The molecule has 1 N–H and O–H groups in total. The van der Waals surface area contributed by atoms with E-state index < -0.39 is 5.97 Å². The first-order valence-corrected chi connectivity index (χ1v) is 16.1. The van der Waals surface area contributed by atoms with Gasteiger partial charge in [0.2, 0.25) is 0 Å². The van der Waals surface area contributed by atoms with Gasteiger partial charge in [0, 0.05) is 49.6 Å². The zero-order valence-corrected chi connectivity index (χ0v) is 26.1. The summed E-state index contributed by atoms with van der Waals surface area (Å²) in [6, 6.07) is 12.2. The standard InChI is InChI=1S/C35H34FN9O2/c1-2-43-21-38-16-26(43)18-45-30-13-24(33(46)47)3-4-29(30)40-32(45)20-42-10-7-35(14-25(35)17-42)34-39-8-5-31(41-34)44-9-6-23-11-22(15-37)12-28(36)27(23)19-44/h3-5,8,11-13,16,21,25H,2,6-7,9-10,14,17-20H2,1H3,(H,46,47)/t25?,35-/m1/s1. The molecule has 2 aromatic carbocycles. The molecule has 0 spiro atoms. The zero-order chi connectivity index (χ0) is 32.3. The van der Waals surface area contributed by atoms with E-state index in [1.165, 1.54) is 6.07 Å². The number of aromatic nitrogens is 6. The van der Waals surface area contributed by atoms with E-state index in [1.54, 1.807) is 24.3 Å². The topological polar surface area (TPSA) is 129 Å². The molecule has 0 amide bonds. The number of imidazole rings is 2. The summed E-state index contributed by atoms with van der Waals surface area (Å²) in [5.41, 5.74) is 4.69. The van der Waals surface area contributed by atoms with Crippen molar-refractivity contribution >= 4 is 22.8 Å². The smallest absolute Gasteiger partial charge is 0.335 e. The lowest BCUT2D eigenvalue weighted by molar-refractivity contribution is 0.0697. The second kappa shape index (κ2) is 11.3. The molecule has 8 rings (SSSR count). The van der Waals surface area contributed by atoms with Gasteiger partial charge in [-0.1, -0.05) is 0 Å². The molecule has 47 heavy (non-hydrogen) atoms. The number of halogens is 1. The SMILES string of the molecule is CCn1cncc1Cn1c(CN2CC[C@@]3(c4nccc(N5CCc6cc(C#N)cc(F)c6C5)n4)CC3C2)nc2ccc(C(=O)O)cc21. The predicted octanol–water partition coefficient (Wildman–Crippen LogP) is 4.53. The molecule has 12 heteroatoms. The van der Waals surface area contributed by atoms with E-state index in [0.717, 1.165) is 72.2 Å². The largest absolute Gasteiger partial charge is 0.478 e. The normalized spacial score (nSPS) is 20.5. The lowest BCUT2D eigenvalue weighted by Gasteiger charge is -2.32. The van der Waals surface area contributed by atoms with Crippen LogP contribution in [-0.2, 0) is 38.0 Å². The zero-order valence-electron chi connectivity index (χ0n) is 26.1. The van der Waals surface area contributed by atoms with Gasteiger partial charge in [0.1, 0.15) is 23.3 Å². The van der Waals surface area contributed by atoms with Crippen molar-refractivity contribution in [3.63, 3.8) is 0 Å². The molecule has 0 radical (unpaired) electrons. The van der Waals surface area contributed by atoms with Crippen LogP contribution in [0.3, 0.4) is 0 Å². The molecule has 1 aliphatic carbocycles. The molecule has 3 aromatic heterocycles. The number of nitrogens with zero attached hydrogens (tertiary/aromatic N) is 9. The van der Waals surface area contributed by atoms with Gasteiger partial charge < -0.3 is 19.1 Å². The Morgan fingerprint density at radius 2 is 2.06 bits per heavy atom. The fourth-order valence-corrected chi connectivity index (χ4v) is 7.59. The number of carboxylic acids is 1. The molecular weight excluding hydrogens is 597 g/mol. The summed E-state index contributed by atoms with van der Waals surface area (Å²) in [7, 11) is 0. The van der Waals surface area contributed by atoms with E-state index in [1.807, 2.05) is 24.8 Å². The summed E-state index contributed by atoms with van der Waals surface area (Å²) in [6.45, 7) is 6.95. The maximum Gasteiger partial charge on any atom is 0.335 e. The third-order valence-electron chi connectivity index (χ3n) is 10.3. The van der Waals surface area contributed by atoms with Crippen molar-refractivity contribution in [3.05, 3.63) is 101 Å². The number of carboxylic acid groups (broad SMARTS) is 1. The van der Waals surface area contributed by atoms with E-state index in [2.05, 4.69) is 36.9 Å². The van der Waals surface area contributed by atoms with Gasteiger partial charge in [-0.15, -0.1) is 0 Å². The Labute approximate surface area is 270 Å².